The minimum Gasteiger partial charge on any atom is -0.364 e. The Balaban J connectivity index is 2.31. The molecule has 3 heteroatoms. The van der Waals surface area contributed by atoms with Gasteiger partial charge in [0, 0.05) is 12.1 Å². The van der Waals surface area contributed by atoms with Crippen molar-refractivity contribution < 1.29 is 4.52 Å². The second-order valence-corrected chi connectivity index (χ2v) is 2.77. The highest BCUT2D eigenvalue weighted by Gasteiger charge is 1.99. The molecule has 0 amide bonds. The number of nitrogens with zero attached hydrogens (tertiary/aromatic N) is 2. The summed E-state index contributed by atoms with van der Waals surface area (Å²) in [7, 11) is 2.09. The van der Waals surface area contributed by atoms with E-state index in [-0.39, 0.29) is 0 Å². The van der Waals surface area contributed by atoms with Gasteiger partial charge in [-0.1, -0.05) is 12.1 Å². The zero-order valence-corrected chi connectivity index (χ0v) is 7.08. The van der Waals surface area contributed by atoms with Crippen molar-refractivity contribution in [3.8, 4) is 0 Å². The molecule has 0 saturated heterocycles. The van der Waals surface area contributed by atoms with Crippen LogP contribution in [0.2, 0.25) is 0 Å². The van der Waals surface area contributed by atoms with Crippen molar-refractivity contribution in [1.82, 2.24) is 10.1 Å². The molecular weight excluding hydrogens is 140 g/mol. The maximum Gasteiger partial charge on any atom is 0.128 e. The van der Waals surface area contributed by atoms with E-state index in [0.717, 1.165) is 18.7 Å². The molecule has 62 valence electrons. The van der Waals surface area contributed by atoms with Crippen LogP contribution >= 0.6 is 0 Å². The first-order chi connectivity index (χ1) is 5.33. The van der Waals surface area contributed by atoms with Gasteiger partial charge in [0.15, 0.2) is 0 Å². The molecule has 0 bridgehead atoms. The van der Waals surface area contributed by atoms with Gasteiger partial charge in [-0.3, -0.25) is 0 Å². The van der Waals surface area contributed by atoms with Crippen LogP contribution in [0.15, 0.2) is 17.0 Å². The molecule has 0 aliphatic carbocycles. The third-order valence-electron chi connectivity index (χ3n) is 1.54. The Hall–Kier alpha value is -0.830. The summed E-state index contributed by atoms with van der Waals surface area (Å²) in [5.41, 5.74) is 1.14. The SMILES string of the molecule is CCCN(C)Cc1cnoc1. The molecule has 0 N–H and O–H groups in total. The largest absolute Gasteiger partial charge is 0.364 e. The highest BCUT2D eigenvalue weighted by molar-refractivity contribution is 4.99. The van der Waals surface area contributed by atoms with Crippen molar-refractivity contribution in [2.24, 2.45) is 0 Å². The summed E-state index contributed by atoms with van der Waals surface area (Å²) < 4.78 is 4.72. The van der Waals surface area contributed by atoms with E-state index in [1.54, 1.807) is 12.5 Å². The van der Waals surface area contributed by atoms with Crippen molar-refractivity contribution in [2.75, 3.05) is 13.6 Å². The summed E-state index contributed by atoms with van der Waals surface area (Å²) in [6, 6.07) is 0. The minimum absolute atomic E-state index is 0.928. The average molecular weight is 154 g/mol. The Morgan fingerprint density at radius 3 is 3.00 bits per heavy atom. The molecule has 0 aromatic carbocycles. The zero-order valence-electron chi connectivity index (χ0n) is 7.08. The van der Waals surface area contributed by atoms with E-state index < -0.39 is 0 Å². The molecule has 0 spiro atoms. The molecule has 0 unspecified atom stereocenters. The summed E-state index contributed by atoms with van der Waals surface area (Å²) in [6.07, 6.45) is 4.63. The van der Waals surface area contributed by atoms with E-state index in [0.29, 0.717) is 0 Å². The fraction of sp³-hybridized carbons (Fsp3) is 0.625. The number of hydrogen-bond acceptors (Lipinski definition) is 3. The van der Waals surface area contributed by atoms with E-state index in [1.807, 2.05) is 0 Å². The van der Waals surface area contributed by atoms with Crippen LogP contribution in [0.4, 0.5) is 0 Å². The van der Waals surface area contributed by atoms with E-state index in [1.165, 1.54) is 6.42 Å². The van der Waals surface area contributed by atoms with E-state index >= 15 is 0 Å². The third kappa shape index (κ3) is 2.72. The Bertz CT molecular complexity index is 184. The molecule has 0 aliphatic rings. The lowest BCUT2D eigenvalue weighted by Crippen LogP contribution is -2.17. The van der Waals surface area contributed by atoms with Crippen molar-refractivity contribution >= 4 is 0 Å². The molecule has 0 radical (unpaired) electrons. The average Bonchev–Trinajstić information content (AvgIpc) is 2.40. The van der Waals surface area contributed by atoms with Crippen LogP contribution in [-0.4, -0.2) is 23.6 Å². The summed E-state index contributed by atoms with van der Waals surface area (Å²) in [6.45, 7) is 4.21. The highest BCUT2D eigenvalue weighted by atomic mass is 16.5. The maximum atomic E-state index is 4.72. The Labute approximate surface area is 67.0 Å². The van der Waals surface area contributed by atoms with Crippen LogP contribution in [0.5, 0.6) is 0 Å². The van der Waals surface area contributed by atoms with Gasteiger partial charge in [0.1, 0.15) is 6.26 Å². The molecule has 0 aliphatic heterocycles. The second kappa shape index (κ2) is 4.13. The number of rotatable bonds is 4. The predicted molar refractivity (Wildman–Crippen MR) is 43.1 cm³/mol. The lowest BCUT2D eigenvalue weighted by molar-refractivity contribution is 0.325. The first kappa shape index (κ1) is 8.27. The van der Waals surface area contributed by atoms with Gasteiger partial charge in [0.05, 0.1) is 6.20 Å². The Kier molecular flexibility index (Phi) is 3.11. The monoisotopic (exact) mass is 154 g/mol. The van der Waals surface area contributed by atoms with Gasteiger partial charge in [0.25, 0.3) is 0 Å². The second-order valence-electron chi connectivity index (χ2n) is 2.77. The van der Waals surface area contributed by atoms with Crippen LogP contribution in [0.3, 0.4) is 0 Å². The molecule has 11 heavy (non-hydrogen) atoms. The minimum atomic E-state index is 0.928. The normalized spacial score (nSPS) is 10.8. The van der Waals surface area contributed by atoms with Crippen LogP contribution in [0.1, 0.15) is 18.9 Å². The quantitative estimate of drug-likeness (QED) is 0.658. The van der Waals surface area contributed by atoms with Gasteiger partial charge < -0.3 is 9.42 Å². The van der Waals surface area contributed by atoms with Crippen LogP contribution < -0.4 is 0 Å². The first-order valence-electron chi connectivity index (χ1n) is 3.89. The Morgan fingerprint density at radius 2 is 2.45 bits per heavy atom. The zero-order chi connectivity index (χ0) is 8.10. The molecule has 1 rings (SSSR count). The van der Waals surface area contributed by atoms with Gasteiger partial charge >= 0.3 is 0 Å². The van der Waals surface area contributed by atoms with Gasteiger partial charge in [-0.15, -0.1) is 0 Å². The third-order valence-corrected chi connectivity index (χ3v) is 1.54. The topological polar surface area (TPSA) is 29.3 Å². The highest BCUT2D eigenvalue weighted by Crippen LogP contribution is 2.00. The molecule has 1 aromatic rings. The van der Waals surface area contributed by atoms with Crippen LogP contribution in [0, 0.1) is 0 Å². The van der Waals surface area contributed by atoms with Crippen LogP contribution in [0.25, 0.3) is 0 Å². The van der Waals surface area contributed by atoms with E-state index in [4.69, 9.17) is 4.52 Å². The van der Waals surface area contributed by atoms with E-state index in [9.17, 15) is 0 Å². The van der Waals surface area contributed by atoms with Crippen molar-refractivity contribution in [3.05, 3.63) is 18.0 Å². The standard InChI is InChI=1S/C8H14N2O/c1-3-4-10(2)6-8-5-9-11-7-8/h5,7H,3-4,6H2,1-2H3. The van der Waals surface area contributed by atoms with Crippen molar-refractivity contribution in [3.63, 3.8) is 0 Å². The van der Waals surface area contributed by atoms with Crippen molar-refractivity contribution in [2.45, 2.75) is 19.9 Å². The smallest absolute Gasteiger partial charge is 0.128 e. The van der Waals surface area contributed by atoms with E-state index in [2.05, 4.69) is 24.0 Å². The summed E-state index contributed by atoms with van der Waals surface area (Å²) in [5, 5.41) is 3.63. The molecule has 1 heterocycles. The molecule has 3 nitrogen and oxygen atoms in total. The molecule has 0 saturated carbocycles. The molecular formula is C8H14N2O. The van der Waals surface area contributed by atoms with Gasteiger partial charge in [-0.2, -0.15) is 0 Å². The van der Waals surface area contributed by atoms with Crippen LogP contribution in [-0.2, 0) is 6.54 Å². The van der Waals surface area contributed by atoms with Gasteiger partial charge in [-0.05, 0) is 20.0 Å². The van der Waals surface area contributed by atoms with Gasteiger partial charge in [0.2, 0.25) is 0 Å². The lowest BCUT2D eigenvalue weighted by atomic mass is 10.3. The maximum absolute atomic E-state index is 4.72. The molecule has 0 fully saturated rings. The Morgan fingerprint density at radius 1 is 1.64 bits per heavy atom. The summed E-state index contributed by atoms with van der Waals surface area (Å²) in [5.74, 6) is 0. The molecule has 1 aromatic heterocycles. The fourth-order valence-corrected chi connectivity index (χ4v) is 1.08. The lowest BCUT2D eigenvalue weighted by Gasteiger charge is -2.12. The van der Waals surface area contributed by atoms with Gasteiger partial charge in [-0.25, -0.2) is 0 Å². The first-order valence-corrected chi connectivity index (χ1v) is 3.89. The fourth-order valence-electron chi connectivity index (χ4n) is 1.08. The number of hydrogen-bond donors (Lipinski definition) is 0. The molecule has 0 atom stereocenters. The summed E-state index contributed by atoms with van der Waals surface area (Å²) >= 11 is 0. The predicted octanol–water partition coefficient (Wildman–Crippen LogP) is 1.52. The summed E-state index contributed by atoms with van der Waals surface area (Å²) in [4.78, 5) is 2.24. The van der Waals surface area contributed by atoms with Crippen molar-refractivity contribution in [1.29, 1.82) is 0 Å². The number of aromatic nitrogens is 1.